The lowest BCUT2D eigenvalue weighted by molar-refractivity contribution is 0.0948. The Morgan fingerprint density at radius 3 is 2.06 bits per heavy atom. The topological polar surface area (TPSA) is 95.6 Å². The van der Waals surface area contributed by atoms with Crippen LogP contribution in [0.25, 0.3) is 0 Å². The Bertz CT molecular complexity index is 1060. The SMILES string of the molecule is CCOC(=O)N1c2cc(OC)c(OC)cc2C(CNC(=O)c2cc(OC)c(C)c(OC)c2)CC1C. The van der Waals surface area contributed by atoms with Crippen LogP contribution in [-0.2, 0) is 4.74 Å². The van der Waals surface area contributed by atoms with Crippen LogP contribution in [0.2, 0.25) is 0 Å². The molecular weight excluding hydrogens is 452 g/mol. The monoisotopic (exact) mass is 486 g/mol. The van der Waals surface area contributed by atoms with E-state index in [1.54, 1.807) is 58.5 Å². The third-order valence-electron chi connectivity index (χ3n) is 6.29. The number of rotatable bonds is 8. The normalized spacial score (nSPS) is 16.7. The smallest absolute Gasteiger partial charge is 0.414 e. The van der Waals surface area contributed by atoms with Crippen LogP contribution in [0, 0.1) is 6.92 Å². The summed E-state index contributed by atoms with van der Waals surface area (Å²) in [4.78, 5) is 27.5. The molecule has 0 bridgehead atoms. The maximum Gasteiger partial charge on any atom is 0.414 e. The van der Waals surface area contributed by atoms with Gasteiger partial charge in [0, 0.05) is 35.7 Å². The molecule has 0 aromatic heterocycles. The van der Waals surface area contributed by atoms with Gasteiger partial charge in [-0.1, -0.05) is 0 Å². The van der Waals surface area contributed by atoms with Crippen LogP contribution in [0.5, 0.6) is 23.0 Å². The van der Waals surface area contributed by atoms with Crippen LogP contribution in [-0.4, -0.2) is 59.6 Å². The average molecular weight is 487 g/mol. The molecule has 0 radical (unpaired) electrons. The van der Waals surface area contributed by atoms with Crippen molar-refractivity contribution in [2.24, 2.45) is 0 Å². The predicted molar refractivity (Wildman–Crippen MR) is 132 cm³/mol. The average Bonchev–Trinajstić information content (AvgIpc) is 2.86. The first-order chi connectivity index (χ1) is 16.8. The van der Waals surface area contributed by atoms with Crippen LogP contribution < -0.4 is 29.2 Å². The summed E-state index contributed by atoms with van der Waals surface area (Å²) in [5.74, 6) is 1.90. The summed E-state index contributed by atoms with van der Waals surface area (Å²) in [6.07, 6.45) is 0.206. The van der Waals surface area contributed by atoms with Gasteiger partial charge in [0.2, 0.25) is 0 Å². The first-order valence-electron chi connectivity index (χ1n) is 11.5. The number of hydrogen-bond donors (Lipinski definition) is 1. The van der Waals surface area contributed by atoms with E-state index in [1.807, 2.05) is 19.9 Å². The van der Waals surface area contributed by atoms with E-state index in [-0.39, 0.29) is 24.5 Å². The number of benzene rings is 2. The molecule has 35 heavy (non-hydrogen) atoms. The molecule has 2 atom stereocenters. The van der Waals surface area contributed by atoms with E-state index in [0.29, 0.717) is 47.2 Å². The molecular formula is C26H34N2O7. The van der Waals surface area contributed by atoms with Crippen LogP contribution in [0.4, 0.5) is 10.5 Å². The van der Waals surface area contributed by atoms with Gasteiger partial charge in [0.25, 0.3) is 5.91 Å². The largest absolute Gasteiger partial charge is 0.496 e. The lowest BCUT2D eigenvalue weighted by Gasteiger charge is -2.39. The molecule has 2 unspecified atom stereocenters. The number of hydrogen-bond acceptors (Lipinski definition) is 7. The molecule has 0 fully saturated rings. The van der Waals surface area contributed by atoms with Crippen molar-refractivity contribution in [2.45, 2.75) is 39.2 Å². The second-order valence-electron chi connectivity index (χ2n) is 8.33. The molecule has 1 heterocycles. The maximum atomic E-state index is 13.1. The molecule has 3 rings (SSSR count). The Balaban J connectivity index is 1.92. The van der Waals surface area contributed by atoms with Gasteiger partial charge in [-0.25, -0.2) is 4.79 Å². The third-order valence-corrected chi connectivity index (χ3v) is 6.29. The van der Waals surface area contributed by atoms with Crippen molar-refractivity contribution in [1.82, 2.24) is 5.32 Å². The van der Waals surface area contributed by atoms with Gasteiger partial charge in [0.05, 0.1) is 40.7 Å². The number of ether oxygens (including phenoxy) is 5. The summed E-state index contributed by atoms with van der Waals surface area (Å²) in [7, 11) is 6.22. The van der Waals surface area contributed by atoms with Crippen molar-refractivity contribution in [3.8, 4) is 23.0 Å². The lowest BCUT2D eigenvalue weighted by Crippen LogP contribution is -2.45. The van der Waals surface area contributed by atoms with E-state index in [9.17, 15) is 9.59 Å². The number of fused-ring (bicyclic) bond motifs is 1. The van der Waals surface area contributed by atoms with Gasteiger partial charge in [-0.15, -0.1) is 0 Å². The van der Waals surface area contributed by atoms with E-state index in [0.717, 1.165) is 11.1 Å². The summed E-state index contributed by atoms with van der Waals surface area (Å²) in [6, 6.07) is 6.88. The standard InChI is InChI=1S/C26H34N2O7/c1-8-35-26(30)28-15(2)9-18(19-12-23(33-6)24(34-7)13-20(19)28)14-27-25(29)17-10-21(31-4)16(3)22(11-17)32-5/h10-13,15,18H,8-9,14H2,1-7H3,(H,27,29). The lowest BCUT2D eigenvalue weighted by atomic mass is 9.85. The highest BCUT2D eigenvalue weighted by atomic mass is 16.6. The van der Waals surface area contributed by atoms with E-state index >= 15 is 0 Å². The minimum Gasteiger partial charge on any atom is -0.496 e. The molecule has 2 aromatic carbocycles. The zero-order chi connectivity index (χ0) is 25.7. The molecule has 9 heteroatoms. The van der Waals surface area contributed by atoms with Crippen molar-refractivity contribution >= 4 is 17.7 Å². The Morgan fingerprint density at radius 2 is 1.51 bits per heavy atom. The fraction of sp³-hybridized carbons (Fsp3) is 0.462. The van der Waals surface area contributed by atoms with Gasteiger partial charge in [-0.2, -0.15) is 0 Å². The second-order valence-corrected chi connectivity index (χ2v) is 8.33. The van der Waals surface area contributed by atoms with Gasteiger partial charge < -0.3 is 29.0 Å². The number of nitrogens with zero attached hydrogens (tertiary/aromatic N) is 1. The van der Waals surface area contributed by atoms with Gasteiger partial charge in [0.1, 0.15) is 11.5 Å². The summed E-state index contributed by atoms with van der Waals surface area (Å²) in [6.45, 7) is 6.24. The Morgan fingerprint density at radius 1 is 0.943 bits per heavy atom. The number of anilines is 1. The summed E-state index contributed by atoms with van der Waals surface area (Å²) in [5.41, 5.74) is 2.81. The molecule has 2 aromatic rings. The van der Waals surface area contributed by atoms with Crippen molar-refractivity contribution in [2.75, 3.05) is 46.5 Å². The van der Waals surface area contributed by atoms with Crippen molar-refractivity contribution in [1.29, 1.82) is 0 Å². The number of nitrogens with one attached hydrogen (secondary N) is 1. The minimum absolute atomic E-state index is 0.0660. The molecule has 9 nitrogen and oxygen atoms in total. The second kappa shape index (κ2) is 11.2. The van der Waals surface area contributed by atoms with Gasteiger partial charge in [0.15, 0.2) is 11.5 Å². The number of carbonyl (C=O) groups is 2. The zero-order valence-electron chi connectivity index (χ0n) is 21.4. The van der Waals surface area contributed by atoms with Crippen molar-refractivity contribution < 1.29 is 33.3 Å². The first-order valence-corrected chi connectivity index (χ1v) is 11.5. The summed E-state index contributed by atoms with van der Waals surface area (Å²) in [5, 5.41) is 3.03. The van der Waals surface area contributed by atoms with E-state index in [4.69, 9.17) is 23.7 Å². The number of amides is 2. The highest BCUT2D eigenvalue weighted by Crippen LogP contribution is 2.44. The highest BCUT2D eigenvalue weighted by Gasteiger charge is 2.36. The highest BCUT2D eigenvalue weighted by molar-refractivity contribution is 5.95. The van der Waals surface area contributed by atoms with Crippen LogP contribution in [0.15, 0.2) is 24.3 Å². The van der Waals surface area contributed by atoms with E-state index in [1.165, 1.54) is 0 Å². The molecule has 1 aliphatic heterocycles. The summed E-state index contributed by atoms with van der Waals surface area (Å²) >= 11 is 0. The van der Waals surface area contributed by atoms with Gasteiger partial charge in [-0.3, -0.25) is 9.69 Å². The summed E-state index contributed by atoms with van der Waals surface area (Å²) < 4.78 is 27.1. The van der Waals surface area contributed by atoms with Crippen molar-refractivity contribution in [3.63, 3.8) is 0 Å². The quantitative estimate of drug-likeness (QED) is 0.594. The fourth-order valence-electron chi connectivity index (χ4n) is 4.50. The maximum absolute atomic E-state index is 13.1. The first kappa shape index (κ1) is 26.0. The molecule has 0 saturated carbocycles. The zero-order valence-corrected chi connectivity index (χ0v) is 21.4. The van der Waals surface area contributed by atoms with Crippen molar-refractivity contribution in [3.05, 3.63) is 41.0 Å². The minimum atomic E-state index is -0.421. The molecule has 190 valence electrons. The van der Waals surface area contributed by atoms with Gasteiger partial charge in [-0.05, 0) is 51.0 Å². The van der Waals surface area contributed by atoms with Gasteiger partial charge >= 0.3 is 6.09 Å². The van der Waals surface area contributed by atoms with Crippen LogP contribution in [0.1, 0.15) is 47.7 Å². The Labute approximate surface area is 206 Å². The van der Waals surface area contributed by atoms with Crippen LogP contribution in [0.3, 0.4) is 0 Å². The number of carbonyl (C=O) groups excluding carboxylic acids is 2. The molecule has 1 aliphatic rings. The molecule has 1 N–H and O–H groups in total. The molecule has 2 amide bonds. The molecule has 0 spiro atoms. The third kappa shape index (κ3) is 5.23. The van der Waals surface area contributed by atoms with Crippen LogP contribution >= 0.6 is 0 Å². The Hall–Kier alpha value is -3.62. The van der Waals surface area contributed by atoms with E-state index < -0.39 is 6.09 Å². The fourth-order valence-corrected chi connectivity index (χ4v) is 4.50. The molecule has 0 aliphatic carbocycles. The number of methoxy groups -OCH3 is 4. The molecule has 0 saturated heterocycles. The Kier molecular flexibility index (Phi) is 8.32. The van der Waals surface area contributed by atoms with E-state index in [2.05, 4.69) is 5.32 Å². The predicted octanol–water partition coefficient (Wildman–Crippen LogP) is 4.30.